The molecule has 0 N–H and O–H groups in total. The standard InChI is InChI=1S/C12H12O5S/c13-9-2-5-18(14,15)12-7-11-10(6-8(9)12)16-3-1-4-17-11/h6-7H,1-5H2. The van der Waals surface area contributed by atoms with Gasteiger partial charge < -0.3 is 9.47 Å². The number of sulfone groups is 1. The van der Waals surface area contributed by atoms with Crippen LogP contribution >= 0.6 is 0 Å². The van der Waals surface area contributed by atoms with E-state index in [2.05, 4.69) is 0 Å². The number of carbonyl (C=O) groups is 1. The fraction of sp³-hybridized carbons (Fsp3) is 0.417. The van der Waals surface area contributed by atoms with E-state index in [1.807, 2.05) is 0 Å². The van der Waals surface area contributed by atoms with E-state index in [1.165, 1.54) is 12.1 Å². The molecule has 1 aromatic carbocycles. The minimum atomic E-state index is -3.38. The first-order valence-electron chi connectivity index (χ1n) is 5.77. The van der Waals surface area contributed by atoms with Gasteiger partial charge in [0.05, 0.1) is 23.9 Å². The minimum absolute atomic E-state index is 0.0367. The summed E-state index contributed by atoms with van der Waals surface area (Å²) in [4.78, 5) is 11.9. The van der Waals surface area contributed by atoms with Crippen LogP contribution in [-0.2, 0) is 9.84 Å². The van der Waals surface area contributed by atoms with Gasteiger partial charge in [-0.25, -0.2) is 8.42 Å². The third kappa shape index (κ3) is 1.77. The average Bonchev–Trinajstić information content (AvgIpc) is 2.57. The van der Waals surface area contributed by atoms with E-state index < -0.39 is 9.84 Å². The molecular formula is C12H12O5S. The minimum Gasteiger partial charge on any atom is -0.490 e. The second kappa shape index (κ2) is 3.98. The van der Waals surface area contributed by atoms with Gasteiger partial charge in [-0.05, 0) is 6.07 Å². The smallest absolute Gasteiger partial charge is 0.179 e. The Morgan fingerprint density at radius 2 is 1.72 bits per heavy atom. The van der Waals surface area contributed by atoms with Crippen molar-refractivity contribution in [2.45, 2.75) is 17.7 Å². The molecule has 0 amide bonds. The van der Waals surface area contributed by atoms with Crippen LogP contribution in [0.1, 0.15) is 23.2 Å². The van der Waals surface area contributed by atoms with Crippen LogP contribution in [0.2, 0.25) is 0 Å². The van der Waals surface area contributed by atoms with Gasteiger partial charge in [-0.2, -0.15) is 0 Å². The van der Waals surface area contributed by atoms with Crippen molar-refractivity contribution in [3.63, 3.8) is 0 Å². The van der Waals surface area contributed by atoms with Gasteiger partial charge in [0.25, 0.3) is 0 Å². The molecular weight excluding hydrogens is 256 g/mol. The number of benzene rings is 1. The van der Waals surface area contributed by atoms with Crippen molar-refractivity contribution in [2.75, 3.05) is 19.0 Å². The molecule has 0 saturated heterocycles. The van der Waals surface area contributed by atoms with Gasteiger partial charge in [0, 0.05) is 24.5 Å². The Hall–Kier alpha value is -1.56. The summed E-state index contributed by atoms with van der Waals surface area (Å²) < 4.78 is 34.8. The van der Waals surface area contributed by atoms with Crippen molar-refractivity contribution in [1.82, 2.24) is 0 Å². The molecule has 5 nitrogen and oxygen atoms in total. The molecule has 18 heavy (non-hydrogen) atoms. The van der Waals surface area contributed by atoms with Crippen LogP contribution in [0.3, 0.4) is 0 Å². The van der Waals surface area contributed by atoms with E-state index in [0.29, 0.717) is 24.7 Å². The molecule has 3 rings (SSSR count). The highest BCUT2D eigenvalue weighted by atomic mass is 32.2. The third-order valence-electron chi connectivity index (χ3n) is 3.08. The molecule has 0 radical (unpaired) electrons. The predicted octanol–water partition coefficient (Wildman–Crippen LogP) is 1.21. The average molecular weight is 268 g/mol. The molecule has 2 heterocycles. The lowest BCUT2D eigenvalue weighted by atomic mass is 10.1. The first kappa shape index (κ1) is 11.5. The molecule has 0 spiro atoms. The van der Waals surface area contributed by atoms with Crippen molar-refractivity contribution < 1.29 is 22.7 Å². The van der Waals surface area contributed by atoms with Crippen LogP contribution < -0.4 is 9.47 Å². The summed E-state index contributed by atoms with van der Waals surface area (Å²) in [6.07, 6.45) is 0.773. The highest BCUT2D eigenvalue weighted by Crippen LogP contribution is 2.37. The summed E-state index contributed by atoms with van der Waals surface area (Å²) in [5.74, 6) is 0.579. The summed E-state index contributed by atoms with van der Waals surface area (Å²) in [6, 6.07) is 2.91. The van der Waals surface area contributed by atoms with Crippen molar-refractivity contribution in [2.24, 2.45) is 0 Å². The number of hydrogen-bond donors (Lipinski definition) is 0. The van der Waals surface area contributed by atoms with Crippen LogP contribution in [0.5, 0.6) is 11.5 Å². The number of ketones is 1. The molecule has 0 saturated carbocycles. The van der Waals surface area contributed by atoms with Gasteiger partial charge in [-0.3, -0.25) is 4.79 Å². The van der Waals surface area contributed by atoms with Crippen molar-refractivity contribution >= 4 is 15.6 Å². The Morgan fingerprint density at radius 1 is 1.06 bits per heavy atom. The van der Waals surface area contributed by atoms with Gasteiger partial charge in [-0.1, -0.05) is 0 Å². The van der Waals surface area contributed by atoms with Crippen LogP contribution in [0.4, 0.5) is 0 Å². The Morgan fingerprint density at radius 3 is 2.44 bits per heavy atom. The molecule has 0 unspecified atom stereocenters. The summed E-state index contributed by atoms with van der Waals surface area (Å²) in [5.41, 5.74) is 0.227. The SMILES string of the molecule is O=C1CCS(=O)(=O)c2cc3c(cc21)OCCCO3. The maximum absolute atomic E-state index is 11.9. The van der Waals surface area contributed by atoms with Gasteiger partial charge in [0.15, 0.2) is 27.1 Å². The van der Waals surface area contributed by atoms with E-state index >= 15 is 0 Å². The lowest BCUT2D eigenvalue weighted by molar-refractivity contribution is 0.0982. The van der Waals surface area contributed by atoms with Crippen LogP contribution in [0.25, 0.3) is 0 Å². The second-order valence-corrected chi connectivity index (χ2v) is 6.42. The number of carbonyl (C=O) groups excluding carboxylic acids is 1. The van der Waals surface area contributed by atoms with Gasteiger partial charge >= 0.3 is 0 Å². The van der Waals surface area contributed by atoms with Crippen LogP contribution in [0.15, 0.2) is 17.0 Å². The predicted molar refractivity (Wildman–Crippen MR) is 63.0 cm³/mol. The Labute approximate surface area is 105 Å². The van der Waals surface area contributed by atoms with Crippen molar-refractivity contribution in [3.05, 3.63) is 17.7 Å². The lowest BCUT2D eigenvalue weighted by Gasteiger charge is -2.17. The summed E-state index contributed by atoms with van der Waals surface area (Å²) in [7, 11) is -3.38. The zero-order valence-electron chi connectivity index (χ0n) is 9.64. The highest BCUT2D eigenvalue weighted by molar-refractivity contribution is 7.91. The lowest BCUT2D eigenvalue weighted by Crippen LogP contribution is -2.21. The number of ether oxygens (including phenoxy) is 2. The van der Waals surface area contributed by atoms with E-state index in [1.54, 1.807) is 0 Å². The molecule has 0 aromatic heterocycles. The largest absolute Gasteiger partial charge is 0.490 e. The number of fused-ring (bicyclic) bond motifs is 2. The monoisotopic (exact) mass is 268 g/mol. The molecule has 0 aliphatic carbocycles. The highest BCUT2D eigenvalue weighted by Gasteiger charge is 2.31. The fourth-order valence-corrected chi connectivity index (χ4v) is 3.61. The van der Waals surface area contributed by atoms with Gasteiger partial charge in [0.1, 0.15) is 0 Å². The maximum atomic E-state index is 11.9. The van der Waals surface area contributed by atoms with E-state index in [-0.39, 0.29) is 28.4 Å². The summed E-state index contributed by atoms with van der Waals surface area (Å²) >= 11 is 0. The number of rotatable bonds is 0. The fourth-order valence-electron chi connectivity index (χ4n) is 2.14. The van der Waals surface area contributed by atoms with E-state index in [4.69, 9.17) is 9.47 Å². The zero-order valence-corrected chi connectivity index (χ0v) is 10.5. The number of Topliss-reactive ketones (excluding diaryl/α,β-unsaturated/α-hetero) is 1. The maximum Gasteiger partial charge on any atom is 0.179 e. The molecule has 2 aliphatic rings. The number of hydrogen-bond acceptors (Lipinski definition) is 5. The van der Waals surface area contributed by atoms with E-state index in [0.717, 1.165) is 6.42 Å². The summed E-state index contributed by atoms with van der Waals surface area (Å²) in [5, 5.41) is 0. The molecule has 6 heteroatoms. The molecule has 2 aliphatic heterocycles. The Kier molecular flexibility index (Phi) is 2.55. The Balaban J connectivity index is 2.22. The van der Waals surface area contributed by atoms with Crippen LogP contribution in [-0.4, -0.2) is 33.2 Å². The second-order valence-electron chi connectivity index (χ2n) is 4.34. The van der Waals surface area contributed by atoms with Crippen LogP contribution in [0, 0.1) is 0 Å². The zero-order chi connectivity index (χ0) is 12.8. The quantitative estimate of drug-likeness (QED) is 0.707. The third-order valence-corrected chi connectivity index (χ3v) is 4.83. The first-order valence-corrected chi connectivity index (χ1v) is 7.43. The topological polar surface area (TPSA) is 69.7 Å². The molecule has 1 aromatic rings. The normalized spacial score (nSPS) is 21.0. The molecule has 0 bridgehead atoms. The Bertz CT molecular complexity index is 618. The van der Waals surface area contributed by atoms with Crippen molar-refractivity contribution in [3.8, 4) is 11.5 Å². The molecule has 96 valence electrons. The first-order chi connectivity index (χ1) is 8.58. The van der Waals surface area contributed by atoms with Gasteiger partial charge in [0.2, 0.25) is 0 Å². The summed E-state index contributed by atoms with van der Waals surface area (Å²) in [6.45, 7) is 0.993. The van der Waals surface area contributed by atoms with Gasteiger partial charge in [-0.15, -0.1) is 0 Å². The van der Waals surface area contributed by atoms with E-state index in [9.17, 15) is 13.2 Å². The molecule has 0 atom stereocenters. The molecule has 0 fully saturated rings. The van der Waals surface area contributed by atoms with Crippen molar-refractivity contribution in [1.29, 1.82) is 0 Å².